The van der Waals surface area contributed by atoms with E-state index in [0.29, 0.717) is 5.56 Å². The van der Waals surface area contributed by atoms with Crippen molar-refractivity contribution in [1.29, 1.82) is 0 Å². The van der Waals surface area contributed by atoms with Gasteiger partial charge in [-0.15, -0.1) is 5.10 Å². The summed E-state index contributed by atoms with van der Waals surface area (Å²) in [6, 6.07) is 10.00. The molecule has 3 rings (SSSR count). The van der Waals surface area contributed by atoms with Crippen molar-refractivity contribution in [2.45, 2.75) is 27.3 Å². The number of aromatic nitrogens is 3. The van der Waals surface area contributed by atoms with Crippen molar-refractivity contribution in [2.75, 3.05) is 16.4 Å². The van der Waals surface area contributed by atoms with Crippen LogP contribution in [0.3, 0.4) is 0 Å². The van der Waals surface area contributed by atoms with Gasteiger partial charge in [0.25, 0.3) is 5.91 Å². The summed E-state index contributed by atoms with van der Waals surface area (Å²) in [5.41, 5.74) is 9.08. The highest BCUT2D eigenvalue weighted by molar-refractivity contribution is 6.05. The van der Waals surface area contributed by atoms with E-state index in [1.54, 1.807) is 19.1 Å². The number of nitrogens with two attached hydrogens (primary N) is 1. The number of rotatable bonds is 5. The van der Waals surface area contributed by atoms with E-state index < -0.39 is 11.7 Å². The maximum Gasteiger partial charge on any atom is 0.280 e. The molecule has 0 aliphatic heterocycles. The first-order chi connectivity index (χ1) is 13.8. The fourth-order valence-electron chi connectivity index (χ4n) is 2.79. The minimum atomic E-state index is -0.646. The second kappa shape index (κ2) is 8.09. The fourth-order valence-corrected chi connectivity index (χ4v) is 2.79. The molecule has 9 heteroatoms. The third kappa shape index (κ3) is 4.40. The lowest BCUT2D eigenvalue weighted by molar-refractivity contribution is -0.116. The molecule has 4 N–H and O–H groups in total. The van der Waals surface area contributed by atoms with Crippen molar-refractivity contribution in [3.05, 3.63) is 64.6 Å². The standard InChI is InChI=1S/C20H21FN6O2/c1-11-7-8-14(9-15(11)21)23-20(29)18-19(22)27(26-25-18)10-16(28)24-17-12(2)5-4-6-13(17)3/h4-9H,10,22H2,1-3H3,(H,23,29)(H,24,28). The van der Waals surface area contributed by atoms with Crippen LogP contribution in [0.5, 0.6) is 0 Å². The van der Waals surface area contributed by atoms with Gasteiger partial charge < -0.3 is 16.4 Å². The van der Waals surface area contributed by atoms with Crippen LogP contribution in [0.2, 0.25) is 0 Å². The Hall–Kier alpha value is -3.75. The largest absolute Gasteiger partial charge is 0.382 e. The number of anilines is 3. The summed E-state index contributed by atoms with van der Waals surface area (Å²) >= 11 is 0. The zero-order chi connectivity index (χ0) is 21.1. The molecule has 0 atom stereocenters. The number of benzene rings is 2. The van der Waals surface area contributed by atoms with Crippen LogP contribution in [0.15, 0.2) is 36.4 Å². The Bertz CT molecular complexity index is 1070. The van der Waals surface area contributed by atoms with E-state index in [1.165, 1.54) is 6.07 Å². The Labute approximate surface area is 166 Å². The van der Waals surface area contributed by atoms with Gasteiger partial charge in [-0.2, -0.15) is 0 Å². The molecule has 150 valence electrons. The summed E-state index contributed by atoms with van der Waals surface area (Å²) in [4.78, 5) is 24.8. The van der Waals surface area contributed by atoms with Crippen LogP contribution in [0.4, 0.5) is 21.6 Å². The van der Waals surface area contributed by atoms with E-state index in [1.807, 2.05) is 32.0 Å². The van der Waals surface area contributed by atoms with Crippen LogP contribution in [0, 0.1) is 26.6 Å². The van der Waals surface area contributed by atoms with E-state index in [0.717, 1.165) is 21.5 Å². The zero-order valence-electron chi connectivity index (χ0n) is 16.3. The summed E-state index contributed by atoms with van der Waals surface area (Å²) in [5, 5.41) is 12.9. The average molecular weight is 396 g/mol. The smallest absolute Gasteiger partial charge is 0.280 e. The predicted molar refractivity (Wildman–Crippen MR) is 108 cm³/mol. The minimum absolute atomic E-state index is 0.0632. The van der Waals surface area contributed by atoms with E-state index in [4.69, 9.17) is 5.73 Å². The number of aryl methyl sites for hydroxylation is 3. The topological polar surface area (TPSA) is 115 Å². The highest BCUT2D eigenvalue weighted by atomic mass is 19.1. The van der Waals surface area contributed by atoms with Gasteiger partial charge >= 0.3 is 0 Å². The summed E-state index contributed by atoms with van der Waals surface area (Å²) in [5.74, 6) is -1.51. The molecule has 2 aromatic carbocycles. The van der Waals surface area contributed by atoms with Gasteiger partial charge in [0.05, 0.1) is 0 Å². The molecule has 3 aromatic rings. The van der Waals surface area contributed by atoms with Crippen LogP contribution in [0.25, 0.3) is 0 Å². The molecular formula is C20H21FN6O2. The molecule has 8 nitrogen and oxygen atoms in total. The first-order valence-electron chi connectivity index (χ1n) is 8.88. The van der Waals surface area contributed by atoms with Crippen LogP contribution in [0.1, 0.15) is 27.2 Å². The maximum absolute atomic E-state index is 13.6. The van der Waals surface area contributed by atoms with E-state index >= 15 is 0 Å². The lowest BCUT2D eigenvalue weighted by atomic mass is 10.1. The van der Waals surface area contributed by atoms with Crippen molar-refractivity contribution >= 4 is 29.0 Å². The second-order valence-electron chi connectivity index (χ2n) is 6.71. The number of hydrogen-bond donors (Lipinski definition) is 3. The van der Waals surface area contributed by atoms with Gasteiger partial charge in [0.1, 0.15) is 12.4 Å². The molecule has 0 radical (unpaired) electrons. The Balaban J connectivity index is 1.70. The number of hydrogen-bond acceptors (Lipinski definition) is 5. The molecule has 0 spiro atoms. The van der Waals surface area contributed by atoms with Crippen LogP contribution < -0.4 is 16.4 Å². The van der Waals surface area contributed by atoms with Gasteiger partial charge in [-0.1, -0.05) is 29.5 Å². The maximum atomic E-state index is 13.6. The number of nitrogens with one attached hydrogen (secondary N) is 2. The Morgan fingerprint density at radius 2 is 1.76 bits per heavy atom. The van der Waals surface area contributed by atoms with Gasteiger partial charge in [0.15, 0.2) is 11.5 Å². The highest BCUT2D eigenvalue weighted by Gasteiger charge is 2.20. The summed E-state index contributed by atoms with van der Waals surface area (Å²) in [6.07, 6.45) is 0. The third-order valence-electron chi connectivity index (χ3n) is 4.46. The summed E-state index contributed by atoms with van der Waals surface area (Å²) in [7, 11) is 0. The van der Waals surface area contributed by atoms with Gasteiger partial charge in [0, 0.05) is 11.4 Å². The van der Waals surface area contributed by atoms with Crippen LogP contribution in [-0.4, -0.2) is 26.8 Å². The van der Waals surface area contributed by atoms with Gasteiger partial charge in [-0.3, -0.25) is 9.59 Å². The second-order valence-corrected chi connectivity index (χ2v) is 6.71. The monoisotopic (exact) mass is 396 g/mol. The number of carbonyl (C=O) groups is 2. The quantitative estimate of drug-likeness (QED) is 0.613. The van der Waals surface area contributed by atoms with Crippen LogP contribution in [-0.2, 0) is 11.3 Å². The number of carbonyl (C=O) groups excluding carboxylic acids is 2. The minimum Gasteiger partial charge on any atom is -0.382 e. The first-order valence-corrected chi connectivity index (χ1v) is 8.88. The number of para-hydroxylation sites is 1. The molecule has 1 heterocycles. The van der Waals surface area contributed by atoms with Crippen molar-refractivity contribution < 1.29 is 14.0 Å². The number of nitrogen functional groups attached to an aromatic ring is 1. The van der Waals surface area contributed by atoms with E-state index in [9.17, 15) is 14.0 Å². The zero-order valence-corrected chi connectivity index (χ0v) is 16.3. The average Bonchev–Trinajstić information content (AvgIpc) is 3.02. The fraction of sp³-hybridized carbons (Fsp3) is 0.200. The lowest BCUT2D eigenvalue weighted by Gasteiger charge is -2.11. The molecule has 0 bridgehead atoms. The molecule has 0 unspecified atom stereocenters. The normalized spacial score (nSPS) is 10.6. The molecule has 0 fully saturated rings. The highest BCUT2D eigenvalue weighted by Crippen LogP contribution is 2.20. The molecule has 1 aromatic heterocycles. The molecule has 0 saturated heterocycles. The number of amides is 2. The van der Waals surface area contributed by atoms with E-state index in [2.05, 4.69) is 20.9 Å². The summed E-state index contributed by atoms with van der Waals surface area (Å²) < 4.78 is 14.8. The molecular weight excluding hydrogens is 375 g/mol. The molecule has 29 heavy (non-hydrogen) atoms. The van der Waals surface area contributed by atoms with E-state index in [-0.39, 0.29) is 29.7 Å². The number of halogens is 1. The lowest BCUT2D eigenvalue weighted by Crippen LogP contribution is -2.22. The van der Waals surface area contributed by atoms with Crippen molar-refractivity contribution in [3.8, 4) is 0 Å². The predicted octanol–water partition coefficient (Wildman–Crippen LogP) is 2.82. The summed E-state index contributed by atoms with van der Waals surface area (Å²) in [6.45, 7) is 5.19. The van der Waals surface area contributed by atoms with Gasteiger partial charge in [-0.25, -0.2) is 9.07 Å². The number of nitrogens with zero attached hydrogens (tertiary/aromatic N) is 3. The SMILES string of the molecule is Cc1ccc(NC(=O)c2nnn(CC(=O)Nc3c(C)cccc3C)c2N)cc1F. The van der Waals surface area contributed by atoms with Gasteiger partial charge in [-0.05, 0) is 49.6 Å². The Morgan fingerprint density at radius 1 is 1.07 bits per heavy atom. The van der Waals surface area contributed by atoms with Gasteiger partial charge in [0.2, 0.25) is 5.91 Å². The molecule has 0 saturated carbocycles. The molecule has 2 amide bonds. The molecule has 0 aliphatic rings. The molecule has 0 aliphatic carbocycles. The van der Waals surface area contributed by atoms with Crippen molar-refractivity contribution in [2.24, 2.45) is 0 Å². The van der Waals surface area contributed by atoms with Crippen LogP contribution >= 0.6 is 0 Å². The third-order valence-corrected chi connectivity index (χ3v) is 4.46. The van der Waals surface area contributed by atoms with Crippen molar-refractivity contribution in [1.82, 2.24) is 15.0 Å². The first kappa shape index (κ1) is 20.0. The Morgan fingerprint density at radius 3 is 2.41 bits per heavy atom. The Kier molecular flexibility index (Phi) is 5.58. The van der Waals surface area contributed by atoms with Crippen molar-refractivity contribution in [3.63, 3.8) is 0 Å².